The van der Waals surface area contributed by atoms with Gasteiger partial charge in [0.25, 0.3) is 0 Å². The van der Waals surface area contributed by atoms with Crippen LogP contribution >= 0.6 is 0 Å². The third-order valence-corrected chi connectivity index (χ3v) is 3.14. The Morgan fingerprint density at radius 1 is 1.47 bits per heavy atom. The van der Waals surface area contributed by atoms with Crippen LogP contribution in [-0.4, -0.2) is 35.0 Å². The fourth-order valence-corrected chi connectivity index (χ4v) is 1.74. The molecule has 0 aromatic rings. The van der Waals surface area contributed by atoms with Crippen molar-refractivity contribution in [2.45, 2.75) is 33.1 Å². The van der Waals surface area contributed by atoms with Crippen LogP contribution in [0.3, 0.4) is 0 Å². The minimum absolute atomic E-state index is 0.253. The summed E-state index contributed by atoms with van der Waals surface area (Å²) >= 11 is 0. The van der Waals surface area contributed by atoms with Crippen molar-refractivity contribution < 1.29 is 14.7 Å². The molecule has 0 bridgehead atoms. The highest BCUT2D eigenvalue weighted by molar-refractivity contribution is 5.96. The molecule has 1 atom stereocenters. The fourth-order valence-electron chi connectivity index (χ4n) is 1.74. The Bertz CT molecular complexity index is 248. The smallest absolute Gasteiger partial charge is 0.315 e. The molecule has 86 valence electrons. The zero-order chi connectivity index (χ0) is 11.4. The molecule has 0 aromatic carbocycles. The van der Waals surface area contributed by atoms with Crippen molar-refractivity contribution in [2.75, 3.05) is 13.1 Å². The number of nitrogens with zero attached hydrogens (tertiary/aromatic N) is 1. The zero-order valence-corrected chi connectivity index (χ0v) is 9.40. The maximum atomic E-state index is 11.7. The molecule has 0 saturated heterocycles. The summed E-state index contributed by atoms with van der Waals surface area (Å²) in [6.45, 7) is 4.68. The van der Waals surface area contributed by atoms with Gasteiger partial charge in [-0.05, 0) is 32.6 Å². The van der Waals surface area contributed by atoms with Crippen LogP contribution in [0.4, 0.5) is 0 Å². The predicted octanol–water partition coefficient (Wildman–Crippen LogP) is 1.36. The molecule has 4 heteroatoms. The first-order valence-electron chi connectivity index (χ1n) is 5.57. The average Bonchev–Trinajstić information content (AvgIpc) is 2.14. The van der Waals surface area contributed by atoms with E-state index < -0.39 is 11.9 Å². The molecule has 1 fully saturated rings. The van der Waals surface area contributed by atoms with Crippen LogP contribution < -0.4 is 0 Å². The van der Waals surface area contributed by atoms with Crippen LogP contribution in [0.25, 0.3) is 0 Å². The highest BCUT2D eigenvalue weighted by Gasteiger charge is 2.28. The van der Waals surface area contributed by atoms with Crippen molar-refractivity contribution in [1.29, 1.82) is 0 Å². The van der Waals surface area contributed by atoms with Crippen LogP contribution in [0.15, 0.2) is 0 Å². The summed E-state index contributed by atoms with van der Waals surface area (Å²) in [6, 6.07) is 0. The van der Waals surface area contributed by atoms with Crippen LogP contribution in [-0.2, 0) is 9.59 Å². The van der Waals surface area contributed by atoms with Crippen molar-refractivity contribution in [3.05, 3.63) is 0 Å². The molecule has 0 spiro atoms. The molecular formula is C11H19NO3. The Balaban J connectivity index is 2.48. The summed E-state index contributed by atoms with van der Waals surface area (Å²) in [5.74, 6) is -1.61. The second-order valence-electron chi connectivity index (χ2n) is 4.23. The van der Waals surface area contributed by atoms with Gasteiger partial charge in [-0.2, -0.15) is 0 Å². The van der Waals surface area contributed by atoms with Gasteiger partial charge in [-0.3, -0.25) is 9.59 Å². The number of carbonyl (C=O) groups excluding carboxylic acids is 1. The molecule has 1 unspecified atom stereocenters. The number of hydrogen-bond acceptors (Lipinski definition) is 2. The number of carbonyl (C=O) groups is 2. The van der Waals surface area contributed by atoms with Crippen LogP contribution in [0.5, 0.6) is 0 Å². The van der Waals surface area contributed by atoms with Crippen LogP contribution in [0.1, 0.15) is 33.1 Å². The largest absolute Gasteiger partial charge is 0.481 e. The quantitative estimate of drug-likeness (QED) is 0.701. The molecule has 4 nitrogen and oxygen atoms in total. The lowest BCUT2D eigenvalue weighted by atomic mass is 9.85. The third-order valence-electron chi connectivity index (χ3n) is 3.14. The maximum Gasteiger partial charge on any atom is 0.315 e. The van der Waals surface area contributed by atoms with Gasteiger partial charge in [0.05, 0.1) is 0 Å². The van der Waals surface area contributed by atoms with Crippen molar-refractivity contribution >= 4 is 11.9 Å². The summed E-state index contributed by atoms with van der Waals surface area (Å²) in [5, 5.41) is 8.75. The maximum absolute atomic E-state index is 11.7. The Kier molecular flexibility index (Phi) is 4.12. The number of aliphatic carboxylic acids is 1. The van der Waals surface area contributed by atoms with Gasteiger partial charge in [0.1, 0.15) is 5.92 Å². The SMILES string of the molecule is CCN(CC1CCC1)C(=O)C(C)C(=O)O. The van der Waals surface area contributed by atoms with E-state index in [0.717, 1.165) is 6.54 Å². The lowest BCUT2D eigenvalue weighted by Crippen LogP contribution is -2.42. The Morgan fingerprint density at radius 3 is 2.40 bits per heavy atom. The minimum Gasteiger partial charge on any atom is -0.481 e. The number of rotatable bonds is 5. The van der Waals surface area contributed by atoms with Crippen molar-refractivity contribution in [3.63, 3.8) is 0 Å². The monoisotopic (exact) mass is 213 g/mol. The fraction of sp³-hybridized carbons (Fsp3) is 0.818. The van der Waals surface area contributed by atoms with Crippen LogP contribution in [0, 0.1) is 11.8 Å². The first-order chi connectivity index (χ1) is 7.06. The van der Waals surface area contributed by atoms with E-state index in [1.54, 1.807) is 4.90 Å². The Labute approximate surface area is 90.3 Å². The van der Waals surface area contributed by atoms with Gasteiger partial charge in [-0.15, -0.1) is 0 Å². The van der Waals surface area contributed by atoms with E-state index in [9.17, 15) is 9.59 Å². The topological polar surface area (TPSA) is 57.6 Å². The lowest BCUT2D eigenvalue weighted by Gasteiger charge is -2.32. The summed E-state index contributed by atoms with van der Waals surface area (Å²) in [6.07, 6.45) is 3.58. The van der Waals surface area contributed by atoms with E-state index in [1.165, 1.54) is 26.2 Å². The number of amides is 1. The standard InChI is InChI=1S/C11H19NO3/c1-3-12(7-9-5-4-6-9)10(13)8(2)11(14)15/h8-9H,3-7H2,1-2H3,(H,14,15). The summed E-state index contributed by atoms with van der Waals surface area (Å²) < 4.78 is 0. The van der Waals surface area contributed by atoms with Gasteiger partial charge < -0.3 is 10.0 Å². The molecule has 1 aliphatic carbocycles. The number of hydrogen-bond donors (Lipinski definition) is 1. The van der Waals surface area contributed by atoms with Crippen molar-refractivity contribution in [2.24, 2.45) is 11.8 Å². The van der Waals surface area contributed by atoms with E-state index in [0.29, 0.717) is 12.5 Å². The second kappa shape index (κ2) is 5.14. The van der Waals surface area contributed by atoms with Gasteiger partial charge in [-0.1, -0.05) is 6.42 Å². The van der Waals surface area contributed by atoms with E-state index in [1.807, 2.05) is 6.92 Å². The Morgan fingerprint density at radius 2 is 2.07 bits per heavy atom. The van der Waals surface area contributed by atoms with E-state index in [4.69, 9.17) is 5.11 Å². The highest BCUT2D eigenvalue weighted by Crippen LogP contribution is 2.27. The molecule has 1 saturated carbocycles. The van der Waals surface area contributed by atoms with Gasteiger partial charge in [0.15, 0.2) is 0 Å². The molecular weight excluding hydrogens is 194 g/mol. The number of carboxylic acids is 1. The molecule has 1 amide bonds. The van der Waals surface area contributed by atoms with Crippen molar-refractivity contribution in [3.8, 4) is 0 Å². The van der Waals surface area contributed by atoms with E-state index >= 15 is 0 Å². The van der Waals surface area contributed by atoms with E-state index in [2.05, 4.69) is 0 Å². The number of carboxylic acid groups (broad SMARTS) is 1. The molecule has 0 aliphatic heterocycles. The first kappa shape index (κ1) is 12.0. The zero-order valence-electron chi connectivity index (χ0n) is 9.40. The molecule has 1 aliphatic rings. The van der Waals surface area contributed by atoms with Gasteiger partial charge >= 0.3 is 5.97 Å². The second-order valence-corrected chi connectivity index (χ2v) is 4.23. The normalized spacial score (nSPS) is 18.0. The van der Waals surface area contributed by atoms with Crippen molar-refractivity contribution in [1.82, 2.24) is 4.90 Å². The van der Waals surface area contributed by atoms with Gasteiger partial charge in [0, 0.05) is 13.1 Å². The average molecular weight is 213 g/mol. The predicted molar refractivity (Wildman–Crippen MR) is 56.4 cm³/mol. The van der Waals surface area contributed by atoms with Gasteiger partial charge in [0.2, 0.25) is 5.91 Å². The molecule has 0 heterocycles. The third kappa shape index (κ3) is 2.94. The Hall–Kier alpha value is -1.06. The minimum atomic E-state index is -1.04. The molecule has 1 N–H and O–H groups in total. The lowest BCUT2D eigenvalue weighted by molar-refractivity contribution is -0.150. The highest BCUT2D eigenvalue weighted by atomic mass is 16.4. The molecule has 1 rings (SSSR count). The van der Waals surface area contributed by atoms with Crippen LogP contribution in [0.2, 0.25) is 0 Å². The summed E-state index contributed by atoms with van der Waals surface area (Å²) in [4.78, 5) is 24.1. The van der Waals surface area contributed by atoms with E-state index in [-0.39, 0.29) is 5.91 Å². The van der Waals surface area contributed by atoms with Gasteiger partial charge in [-0.25, -0.2) is 0 Å². The molecule has 15 heavy (non-hydrogen) atoms. The first-order valence-corrected chi connectivity index (χ1v) is 5.57. The summed E-state index contributed by atoms with van der Waals surface area (Å²) in [5.41, 5.74) is 0. The summed E-state index contributed by atoms with van der Waals surface area (Å²) in [7, 11) is 0. The molecule has 0 radical (unpaired) electrons. The molecule has 0 aromatic heterocycles.